The third-order valence-electron chi connectivity index (χ3n) is 4.34. The number of anilines is 1. The first kappa shape index (κ1) is 20.2. The Balaban J connectivity index is 1.73. The van der Waals surface area contributed by atoms with Gasteiger partial charge in [-0.25, -0.2) is 4.98 Å². The van der Waals surface area contributed by atoms with Crippen LogP contribution in [0.1, 0.15) is 21.7 Å². The van der Waals surface area contributed by atoms with E-state index in [9.17, 15) is 14.9 Å². The van der Waals surface area contributed by atoms with Gasteiger partial charge in [0, 0.05) is 5.56 Å². The lowest BCUT2D eigenvalue weighted by molar-refractivity contribution is -0.402. The van der Waals surface area contributed by atoms with E-state index in [0.29, 0.717) is 16.4 Å². The first-order chi connectivity index (χ1) is 14.9. The van der Waals surface area contributed by atoms with Crippen molar-refractivity contribution in [3.05, 3.63) is 81.6 Å². The maximum absolute atomic E-state index is 13.2. The van der Waals surface area contributed by atoms with E-state index in [2.05, 4.69) is 10.1 Å². The minimum Gasteiger partial charge on any atom is -0.497 e. The van der Waals surface area contributed by atoms with E-state index in [1.54, 1.807) is 31.4 Å². The number of carbonyl (C=O) groups excluding carboxylic acids is 1. The number of aromatic nitrogens is 1. The van der Waals surface area contributed by atoms with E-state index < -0.39 is 16.7 Å². The van der Waals surface area contributed by atoms with E-state index >= 15 is 0 Å². The maximum atomic E-state index is 13.2. The summed E-state index contributed by atoms with van der Waals surface area (Å²) in [6, 6.07) is 15.0. The molecule has 0 aliphatic heterocycles. The van der Waals surface area contributed by atoms with Crippen LogP contribution in [0.15, 0.2) is 64.1 Å². The van der Waals surface area contributed by atoms with E-state index in [1.165, 1.54) is 29.7 Å². The lowest BCUT2D eigenvalue weighted by Gasteiger charge is -2.13. The number of nitro groups is 1. The Morgan fingerprint density at radius 1 is 1.23 bits per heavy atom. The highest BCUT2D eigenvalue weighted by atomic mass is 32.1. The normalized spacial score (nSPS) is 11.2. The number of fused-ring (bicyclic) bond motifs is 1. The fourth-order valence-electron chi connectivity index (χ4n) is 2.78. The van der Waals surface area contributed by atoms with Crippen LogP contribution in [0.4, 0.5) is 11.0 Å². The van der Waals surface area contributed by atoms with Gasteiger partial charge in [0.2, 0.25) is 5.13 Å². The number of benzene rings is 2. The summed E-state index contributed by atoms with van der Waals surface area (Å²) in [5.74, 6) is -0.0816. The second-order valence-corrected chi connectivity index (χ2v) is 7.50. The molecule has 0 saturated heterocycles. The van der Waals surface area contributed by atoms with Crippen molar-refractivity contribution >= 4 is 44.7 Å². The number of furan rings is 1. The van der Waals surface area contributed by atoms with Gasteiger partial charge in [0.15, 0.2) is 5.76 Å². The van der Waals surface area contributed by atoms with Crippen molar-refractivity contribution in [1.29, 1.82) is 0 Å². The highest BCUT2D eigenvalue weighted by Gasteiger charge is 2.21. The number of nitrogens with zero attached hydrogens (tertiary/aromatic N) is 4. The van der Waals surface area contributed by atoms with Crippen LogP contribution in [-0.2, 0) is 0 Å². The molecule has 10 heteroatoms. The second kappa shape index (κ2) is 8.36. The smallest absolute Gasteiger partial charge is 0.433 e. The monoisotopic (exact) mass is 436 g/mol. The number of hydrogen-bond donors (Lipinski definition) is 0. The molecule has 9 nitrogen and oxygen atoms in total. The molecule has 4 aromatic rings. The standard InChI is InChI=1S/C21H16N4O5S/c1-13-3-9-17-18(11-13)31-21(23-17)24(20(26)14-4-6-15(29-2)7-5-14)22-12-16-8-10-19(30-16)25(27)28/h3-12H,1-2H3/b22-12+. The first-order valence-electron chi connectivity index (χ1n) is 9.08. The van der Waals surface area contributed by atoms with Crippen LogP contribution in [0.3, 0.4) is 0 Å². The third-order valence-corrected chi connectivity index (χ3v) is 5.33. The zero-order valence-electron chi connectivity index (χ0n) is 16.5. The minimum atomic E-state index is -0.645. The molecule has 0 bridgehead atoms. The molecular formula is C21H16N4O5S. The molecule has 0 radical (unpaired) electrons. The van der Waals surface area contributed by atoms with Crippen LogP contribution in [0, 0.1) is 17.0 Å². The Bertz CT molecular complexity index is 1290. The topological polar surface area (TPSA) is 111 Å². The number of ether oxygens (including phenoxy) is 1. The Morgan fingerprint density at radius 2 is 2.00 bits per heavy atom. The van der Waals surface area contributed by atoms with Crippen LogP contribution in [0.5, 0.6) is 5.75 Å². The lowest BCUT2D eigenvalue weighted by Crippen LogP contribution is -2.25. The Morgan fingerprint density at radius 3 is 2.68 bits per heavy atom. The molecule has 0 aliphatic rings. The Labute approximate surface area is 180 Å². The number of rotatable bonds is 6. The van der Waals surface area contributed by atoms with Crippen molar-refractivity contribution in [3.8, 4) is 5.75 Å². The van der Waals surface area contributed by atoms with Crippen molar-refractivity contribution < 1.29 is 18.9 Å². The second-order valence-electron chi connectivity index (χ2n) is 6.49. The largest absolute Gasteiger partial charge is 0.497 e. The number of aryl methyl sites for hydroxylation is 1. The summed E-state index contributed by atoms with van der Waals surface area (Å²) in [6.07, 6.45) is 1.24. The van der Waals surface area contributed by atoms with Crippen LogP contribution in [0.25, 0.3) is 10.2 Å². The highest BCUT2D eigenvalue weighted by Crippen LogP contribution is 2.31. The van der Waals surface area contributed by atoms with Crippen LogP contribution < -0.4 is 9.75 Å². The highest BCUT2D eigenvalue weighted by molar-refractivity contribution is 7.22. The quantitative estimate of drug-likeness (QED) is 0.244. The maximum Gasteiger partial charge on any atom is 0.433 e. The molecule has 1 amide bonds. The molecular weight excluding hydrogens is 420 g/mol. The number of hydrogen-bond acceptors (Lipinski definition) is 8. The number of methoxy groups -OCH3 is 1. The van der Waals surface area contributed by atoms with Gasteiger partial charge in [0.05, 0.1) is 29.6 Å². The lowest BCUT2D eigenvalue weighted by atomic mass is 10.2. The fourth-order valence-corrected chi connectivity index (χ4v) is 3.80. The molecule has 2 heterocycles. The number of carbonyl (C=O) groups is 1. The molecule has 31 heavy (non-hydrogen) atoms. The van der Waals surface area contributed by atoms with Crippen LogP contribution in [0.2, 0.25) is 0 Å². The van der Waals surface area contributed by atoms with Gasteiger partial charge in [0.1, 0.15) is 10.7 Å². The summed E-state index contributed by atoms with van der Waals surface area (Å²) in [6.45, 7) is 1.97. The van der Waals surface area contributed by atoms with Crippen molar-refractivity contribution in [2.45, 2.75) is 6.92 Å². The molecule has 0 spiro atoms. The van der Waals surface area contributed by atoms with Gasteiger partial charge >= 0.3 is 5.88 Å². The van der Waals surface area contributed by atoms with E-state index in [-0.39, 0.29) is 5.76 Å². The number of hydrazone groups is 1. The predicted octanol–water partition coefficient (Wildman–Crippen LogP) is 4.80. The molecule has 0 atom stereocenters. The van der Waals surface area contributed by atoms with E-state index in [1.807, 2.05) is 25.1 Å². The molecule has 2 aromatic heterocycles. The molecule has 0 N–H and O–H groups in total. The molecule has 2 aromatic carbocycles. The average Bonchev–Trinajstić information content (AvgIpc) is 3.41. The summed E-state index contributed by atoms with van der Waals surface area (Å²) in [5.41, 5.74) is 2.18. The summed E-state index contributed by atoms with van der Waals surface area (Å²) >= 11 is 1.31. The van der Waals surface area contributed by atoms with Crippen LogP contribution in [-0.4, -0.2) is 29.1 Å². The molecule has 0 saturated carbocycles. The Kier molecular flexibility index (Phi) is 5.46. The summed E-state index contributed by atoms with van der Waals surface area (Å²) < 4.78 is 11.2. The zero-order valence-corrected chi connectivity index (χ0v) is 17.3. The van der Waals surface area contributed by atoms with Crippen molar-refractivity contribution in [1.82, 2.24) is 4.98 Å². The predicted molar refractivity (Wildman–Crippen MR) is 117 cm³/mol. The zero-order chi connectivity index (χ0) is 22.0. The number of amides is 1. The SMILES string of the molecule is COc1ccc(C(=O)N(/N=C/c2ccc([N+](=O)[O-])o2)c2nc3ccc(C)cc3s2)cc1. The van der Waals surface area contributed by atoms with Crippen molar-refractivity contribution in [2.24, 2.45) is 5.10 Å². The van der Waals surface area contributed by atoms with E-state index in [0.717, 1.165) is 20.8 Å². The molecule has 156 valence electrons. The summed E-state index contributed by atoms with van der Waals surface area (Å²) in [7, 11) is 1.54. The minimum absolute atomic E-state index is 0.135. The van der Waals surface area contributed by atoms with Gasteiger partial charge in [-0.05, 0) is 55.0 Å². The average molecular weight is 436 g/mol. The summed E-state index contributed by atoms with van der Waals surface area (Å²) in [4.78, 5) is 27.9. The van der Waals surface area contributed by atoms with Crippen molar-refractivity contribution in [2.75, 3.05) is 12.1 Å². The van der Waals surface area contributed by atoms with Crippen LogP contribution >= 0.6 is 11.3 Å². The fraction of sp³-hybridized carbons (Fsp3) is 0.0952. The molecule has 4 rings (SSSR count). The van der Waals surface area contributed by atoms with Gasteiger partial charge in [-0.1, -0.05) is 17.4 Å². The van der Waals surface area contributed by atoms with Gasteiger partial charge in [-0.3, -0.25) is 14.9 Å². The Hall–Kier alpha value is -4.05. The third kappa shape index (κ3) is 4.28. The summed E-state index contributed by atoms with van der Waals surface area (Å²) in [5, 5.41) is 16.6. The number of thiazole rings is 1. The van der Waals surface area contributed by atoms with Gasteiger partial charge < -0.3 is 9.15 Å². The van der Waals surface area contributed by atoms with Gasteiger partial charge in [-0.2, -0.15) is 10.1 Å². The molecule has 0 fully saturated rings. The van der Waals surface area contributed by atoms with Gasteiger partial charge in [0.25, 0.3) is 5.91 Å². The van der Waals surface area contributed by atoms with E-state index in [4.69, 9.17) is 9.15 Å². The van der Waals surface area contributed by atoms with Crippen molar-refractivity contribution in [3.63, 3.8) is 0 Å². The van der Waals surface area contributed by atoms with Gasteiger partial charge in [-0.15, -0.1) is 0 Å². The first-order valence-corrected chi connectivity index (χ1v) is 9.90. The molecule has 0 unspecified atom stereocenters. The molecule has 0 aliphatic carbocycles.